The minimum Gasteiger partial charge on any atom is -0.305 e. The Morgan fingerprint density at radius 2 is 2.14 bits per heavy atom. The van der Waals surface area contributed by atoms with E-state index in [-0.39, 0.29) is 5.54 Å². The van der Waals surface area contributed by atoms with Gasteiger partial charge in [-0.2, -0.15) is 0 Å². The van der Waals surface area contributed by atoms with Crippen molar-refractivity contribution in [3.8, 4) is 0 Å². The van der Waals surface area contributed by atoms with Crippen LogP contribution in [-0.2, 0) is 6.54 Å². The highest BCUT2D eigenvalue weighted by Gasteiger charge is 2.14. The first-order valence-electron chi connectivity index (χ1n) is 4.77. The maximum atomic E-state index is 5.81. The largest absolute Gasteiger partial charge is 0.305 e. The van der Waals surface area contributed by atoms with Crippen molar-refractivity contribution in [2.24, 2.45) is 0 Å². The summed E-state index contributed by atoms with van der Waals surface area (Å²) in [4.78, 5) is 4.40. The maximum absolute atomic E-state index is 5.81. The number of halogens is 1. The molecule has 0 saturated heterocycles. The van der Waals surface area contributed by atoms with Crippen molar-refractivity contribution in [3.05, 3.63) is 29.6 Å². The van der Waals surface area contributed by atoms with Crippen molar-refractivity contribution in [1.82, 2.24) is 10.3 Å². The minimum absolute atomic E-state index is 0.0347. The lowest BCUT2D eigenvalue weighted by Crippen LogP contribution is -2.40. The molecule has 1 aromatic rings. The van der Waals surface area contributed by atoms with Crippen molar-refractivity contribution in [1.29, 1.82) is 0 Å². The Kier molecular flexibility index (Phi) is 3.90. The van der Waals surface area contributed by atoms with Gasteiger partial charge in [0.15, 0.2) is 0 Å². The van der Waals surface area contributed by atoms with Gasteiger partial charge in [0, 0.05) is 23.7 Å². The summed E-state index contributed by atoms with van der Waals surface area (Å²) in [6, 6.07) is 6.04. The van der Waals surface area contributed by atoms with Crippen molar-refractivity contribution in [2.75, 3.05) is 5.88 Å². The zero-order chi connectivity index (χ0) is 10.6. The third-order valence-electron chi connectivity index (χ3n) is 2.03. The molecule has 0 aromatic carbocycles. The summed E-state index contributed by atoms with van der Waals surface area (Å²) >= 11 is 5.81. The van der Waals surface area contributed by atoms with Crippen LogP contribution in [0, 0.1) is 6.92 Å². The van der Waals surface area contributed by atoms with Crippen LogP contribution in [0.4, 0.5) is 0 Å². The summed E-state index contributed by atoms with van der Waals surface area (Å²) in [7, 11) is 0. The fourth-order valence-electron chi connectivity index (χ4n) is 1.08. The Morgan fingerprint density at radius 3 is 2.71 bits per heavy atom. The van der Waals surface area contributed by atoms with E-state index in [4.69, 9.17) is 11.6 Å². The molecule has 0 spiro atoms. The van der Waals surface area contributed by atoms with Gasteiger partial charge >= 0.3 is 0 Å². The summed E-state index contributed by atoms with van der Waals surface area (Å²) < 4.78 is 0. The molecule has 1 aromatic heterocycles. The molecule has 1 N–H and O–H groups in total. The van der Waals surface area contributed by atoms with Crippen LogP contribution in [-0.4, -0.2) is 16.4 Å². The van der Waals surface area contributed by atoms with E-state index in [1.807, 2.05) is 25.1 Å². The quantitative estimate of drug-likeness (QED) is 0.776. The Hall–Kier alpha value is -0.600. The molecule has 0 aliphatic heterocycles. The Balaban J connectivity index is 2.54. The minimum atomic E-state index is -0.0347. The number of hydrogen-bond donors (Lipinski definition) is 1. The molecule has 0 unspecified atom stereocenters. The van der Waals surface area contributed by atoms with Crippen LogP contribution >= 0.6 is 11.6 Å². The van der Waals surface area contributed by atoms with Crippen molar-refractivity contribution in [3.63, 3.8) is 0 Å². The van der Waals surface area contributed by atoms with E-state index in [1.165, 1.54) is 0 Å². The first kappa shape index (κ1) is 11.5. The van der Waals surface area contributed by atoms with E-state index < -0.39 is 0 Å². The molecule has 0 saturated carbocycles. The Morgan fingerprint density at radius 1 is 1.43 bits per heavy atom. The van der Waals surface area contributed by atoms with Gasteiger partial charge in [0.05, 0.1) is 5.69 Å². The number of aryl methyl sites for hydroxylation is 1. The van der Waals surface area contributed by atoms with E-state index >= 15 is 0 Å². The molecule has 1 rings (SSSR count). The van der Waals surface area contributed by atoms with Crippen molar-refractivity contribution in [2.45, 2.75) is 32.9 Å². The zero-order valence-electron chi connectivity index (χ0n) is 8.97. The van der Waals surface area contributed by atoms with Crippen LogP contribution in [0.2, 0.25) is 0 Å². The van der Waals surface area contributed by atoms with Gasteiger partial charge in [0.1, 0.15) is 0 Å². The second-order valence-electron chi connectivity index (χ2n) is 4.14. The van der Waals surface area contributed by atoms with Crippen LogP contribution < -0.4 is 5.32 Å². The number of pyridine rings is 1. The molecule has 0 aliphatic carbocycles. The van der Waals surface area contributed by atoms with Crippen LogP contribution in [0.5, 0.6) is 0 Å². The molecule has 3 heteroatoms. The summed E-state index contributed by atoms with van der Waals surface area (Å²) in [5.74, 6) is 0.596. The van der Waals surface area contributed by atoms with Crippen LogP contribution in [0.15, 0.2) is 18.2 Å². The lowest BCUT2D eigenvalue weighted by molar-refractivity contribution is 0.426. The number of nitrogens with zero attached hydrogens (tertiary/aromatic N) is 1. The Labute approximate surface area is 90.7 Å². The van der Waals surface area contributed by atoms with Gasteiger partial charge < -0.3 is 5.32 Å². The fraction of sp³-hybridized carbons (Fsp3) is 0.545. The van der Waals surface area contributed by atoms with Gasteiger partial charge in [-0.05, 0) is 32.9 Å². The maximum Gasteiger partial charge on any atom is 0.0545 e. The molecule has 0 radical (unpaired) electrons. The normalized spacial score (nSPS) is 11.7. The van der Waals surface area contributed by atoms with E-state index in [9.17, 15) is 0 Å². The van der Waals surface area contributed by atoms with Crippen molar-refractivity contribution < 1.29 is 0 Å². The van der Waals surface area contributed by atoms with Gasteiger partial charge in [-0.25, -0.2) is 0 Å². The molecule has 0 fully saturated rings. The topological polar surface area (TPSA) is 24.9 Å². The molecule has 0 aliphatic rings. The predicted molar refractivity (Wildman–Crippen MR) is 60.6 cm³/mol. The lowest BCUT2D eigenvalue weighted by Gasteiger charge is -2.23. The standard InChI is InChI=1S/C11H17ClN2/c1-9-5-4-6-10(14-9)7-13-11(2,3)8-12/h4-6,13H,7-8H2,1-3H3. The predicted octanol–water partition coefficient (Wildman–Crippen LogP) is 2.50. The van der Waals surface area contributed by atoms with Gasteiger partial charge in [-0.1, -0.05) is 6.07 Å². The molecule has 2 nitrogen and oxygen atoms in total. The number of alkyl halides is 1. The van der Waals surface area contributed by atoms with Crippen LogP contribution in [0.3, 0.4) is 0 Å². The van der Waals surface area contributed by atoms with Gasteiger partial charge in [0.25, 0.3) is 0 Å². The second-order valence-corrected chi connectivity index (χ2v) is 4.41. The lowest BCUT2D eigenvalue weighted by atomic mass is 10.1. The fourth-order valence-corrected chi connectivity index (χ4v) is 1.17. The number of hydrogen-bond acceptors (Lipinski definition) is 2. The van der Waals surface area contributed by atoms with Crippen LogP contribution in [0.25, 0.3) is 0 Å². The average Bonchev–Trinajstić information content (AvgIpc) is 2.15. The summed E-state index contributed by atoms with van der Waals surface area (Å²) in [6.45, 7) is 6.92. The average molecular weight is 213 g/mol. The third kappa shape index (κ3) is 3.64. The number of aromatic nitrogens is 1. The van der Waals surface area contributed by atoms with Crippen LogP contribution in [0.1, 0.15) is 25.2 Å². The summed E-state index contributed by atoms with van der Waals surface area (Å²) in [5.41, 5.74) is 2.07. The summed E-state index contributed by atoms with van der Waals surface area (Å²) in [6.07, 6.45) is 0. The third-order valence-corrected chi connectivity index (χ3v) is 2.70. The first-order valence-corrected chi connectivity index (χ1v) is 5.30. The molecule has 0 amide bonds. The van der Waals surface area contributed by atoms with E-state index in [2.05, 4.69) is 24.1 Å². The molecule has 78 valence electrons. The first-order chi connectivity index (χ1) is 6.53. The highest BCUT2D eigenvalue weighted by Crippen LogP contribution is 2.06. The molecular formula is C11H17ClN2. The number of rotatable bonds is 4. The van der Waals surface area contributed by atoms with E-state index in [0.717, 1.165) is 17.9 Å². The SMILES string of the molecule is Cc1cccc(CNC(C)(C)CCl)n1. The van der Waals surface area contributed by atoms with E-state index in [1.54, 1.807) is 0 Å². The Bertz CT molecular complexity index is 297. The molecular weight excluding hydrogens is 196 g/mol. The molecule has 1 heterocycles. The molecule has 14 heavy (non-hydrogen) atoms. The highest BCUT2D eigenvalue weighted by molar-refractivity contribution is 6.18. The monoisotopic (exact) mass is 212 g/mol. The van der Waals surface area contributed by atoms with Crippen molar-refractivity contribution >= 4 is 11.6 Å². The van der Waals surface area contributed by atoms with E-state index in [0.29, 0.717) is 5.88 Å². The van der Waals surface area contributed by atoms with Gasteiger partial charge in [0.2, 0.25) is 0 Å². The van der Waals surface area contributed by atoms with Gasteiger partial charge in [-0.15, -0.1) is 11.6 Å². The second kappa shape index (κ2) is 4.76. The molecule has 0 atom stereocenters. The summed E-state index contributed by atoms with van der Waals surface area (Å²) in [5, 5.41) is 3.36. The molecule has 0 bridgehead atoms. The van der Waals surface area contributed by atoms with Gasteiger partial charge in [-0.3, -0.25) is 4.98 Å². The number of nitrogens with one attached hydrogen (secondary N) is 1. The smallest absolute Gasteiger partial charge is 0.0545 e. The highest BCUT2D eigenvalue weighted by atomic mass is 35.5. The zero-order valence-corrected chi connectivity index (χ0v) is 9.73.